The molecule has 1 saturated heterocycles. The van der Waals surface area contributed by atoms with Crippen LogP contribution in [0.1, 0.15) is 32.1 Å². The van der Waals surface area contributed by atoms with Gasteiger partial charge in [-0.1, -0.05) is 6.42 Å². The molecule has 16 heavy (non-hydrogen) atoms. The minimum atomic E-state index is 0.187. The molecule has 0 saturated carbocycles. The van der Waals surface area contributed by atoms with Gasteiger partial charge in [-0.3, -0.25) is 4.79 Å². The smallest absolute Gasteiger partial charge is 0.220 e. The number of hydrogen-bond donors (Lipinski definition) is 2. The van der Waals surface area contributed by atoms with Crippen LogP contribution in [0, 0.1) is 0 Å². The number of carbonyl (C=O) groups is 1. The summed E-state index contributed by atoms with van der Waals surface area (Å²) in [5.74, 6) is 0.187. The molecule has 1 aliphatic rings. The fraction of sp³-hybridized carbons (Fsp3) is 0.917. The Morgan fingerprint density at radius 3 is 2.62 bits per heavy atom. The number of likely N-dealkylation sites (tertiary alicyclic amines) is 1. The van der Waals surface area contributed by atoms with E-state index in [0.29, 0.717) is 6.42 Å². The van der Waals surface area contributed by atoms with Crippen LogP contribution in [0.3, 0.4) is 0 Å². The van der Waals surface area contributed by atoms with Crippen LogP contribution in [-0.2, 0) is 4.79 Å². The Labute approximate surface area is 98.8 Å². The first kappa shape index (κ1) is 13.5. The third kappa shape index (κ3) is 6.08. The molecule has 4 nitrogen and oxygen atoms in total. The predicted molar refractivity (Wildman–Crippen MR) is 66.5 cm³/mol. The van der Waals surface area contributed by atoms with E-state index in [1.807, 2.05) is 7.05 Å². The van der Waals surface area contributed by atoms with E-state index in [9.17, 15) is 4.79 Å². The summed E-state index contributed by atoms with van der Waals surface area (Å²) in [7, 11) is 1.91. The number of piperidine rings is 1. The molecule has 94 valence electrons. The van der Waals surface area contributed by atoms with Crippen LogP contribution >= 0.6 is 0 Å². The molecule has 1 fully saturated rings. The summed E-state index contributed by atoms with van der Waals surface area (Å²) >= 11 is 0. The Bertz CT molecular complexity index is 191. The SMILES string of the molecule is CNCCCC(=O)NCCN1CCCCC1. The predicted octanol–water partition coefficient (Wildman–Crippen LogP) is 0.588. The van der Waals surface area contributed by atoms with Crippen molar-refractivity contribution < 1.29 is 4.79 Å². The average Bonchev–Trinajstić information content (AvgIpc) is 2.31. The Kier molecular flexibility index (Phi) is 7.17. The largest absolute Gasteiger partial charge is 0.355 e. The van der Waals surface area contributed by atoms with Crippen molar-refractivity contribution in [1.82, 2.24) is 15.5 Å². The number of nitrogens with one attached hydrogen (secondary N) is 2. The van der Waals surface area contributed by atoms with E-state index in [1.165, 1.54) is 32.4 Å². The second-order valence-corrected chi connectivity index (χ2v) is 4.46. The van der Waals surface area contributed by atoms with Gasteiger partial charge < -0.3 is 15.5 Å². The van der Waals surface area contributed by atoms with Crippen molar-refractivity contribution in [1.29, 1.82) is 0 Å². The van der Waals surface area contributed by atoms with Gasteiger partial charge in [-0.05, 0) is 45.9 Å². The molecule has 1 aliphatic heterocycles. The molecule has 1 rings (SSSR count). The molecule has 0 aromatic rings. The van der Waals surface area contributed by atoms with Crippen molar-refractivity contribution in [2.24, 2.45) is 0 Å². The molecule has 0 aromatic heterocycles. The molecule has 0 aliphatic carbocycles. The molecule has 2 N–H and O–H groups in total. The summed E-state index contributed by atoms with van der Waals surface area (Å²) < 4.78 is 0. The van der Waals surface area contributed by atoms with Crippen molar-refractivity contribution >= 4 is 5.91 Å². The topological polar surface area (TPSA) is 44.4 Å². The van der Waals surface area contributed by atoms with E-state index < -0.39 is 0 Å². The average molecular weight is 227 g/mol. The fourth-order valence-electron chi connectivity index (χ4n) is 2.05. The number of carbonyl (C=O) groups excluding carboxylic acids is 1. The summed E-state index contributed by atoms with van der Waals surface area (Å²) in [6, 6.07) is 0. The maximum Gasteiger partial charge on any atom is 0.220 e. The van der Waals surface area contributed by atoms with Crippen LogP contribution in [0.5, 0.6) is 0 Å². The standard InChI is InChI=1S/C12H25N3O/c1-13-7-5-6-12(16)14-8-11-15-9-3-2-4-10-15/h13H,2-11H2,1H3,(H,14,16). The van der Waals surface area contributed by atoms with E-state index >= 15 is 0 Å². The lowest BCUT2D eigenvalue weighted by molar-refractivity contribution is -0.121. The molecule has 0 aromatic carbocycles. The maximum absolute atomic E-state index is 11.4. The zero-order chi connectivity index (χ0) is 11.6. The molecular formula is C12H25N3O. The first-order valence-electron chi connectivity index (χ1n) is 6.46. The first-order valence-corrected chi connectivity index (χ1v) is 6.46. The van der Waals surface area contributed by atoms with Crippen LogP contribution in [0.15, 0.2) is 0 Å². The summed E-state index contributed by atoms with van der Waals surface area (Å²) in [6.45, 7) is 5.14. The zero-order valence-electron chi connectivity index (χ0n) is 10.4. The quantitative estimate of drug-likeness (QED) is 0.626. The van der Waals surface area contributed by atoms with E-state index in [-0.39, 0.29) is 5.91 Å². The molecule has 0 atom stereocenters. The number of hydrogen-bond acceptors (Lipinski definition) is 3. The van der Waals surface area contributed by atoms with E-state index in [0.717, 1.165) is 26.1 Å². The van der Waals surface area contributed by atoms with Gasteiger partial charge in [0.05, 0.1) is 0 Å². The van der Waals surface area contributed by atoms with Gasteiger partial charge in [0.2, 0.25) is 5.91 Å². The van der Waals surface area contributed by atoms with Crippen molar-refractivity contribution in [3.8, 4) is 0 Å². The first-order chi connectivity index (χ1) is 7.83. The molecular weight excluding hydrogens is 202 g/mol. The van der Waals surface area contributed by atoms with Gasteiger partial charge in [-0.25, -0.2) is 0 Å². The van der Waals surface area contributed by atoms with Gasteiger partial charge in [0.1, 0.15) is 0 Å². The highest BCUT2D eigenvalue weighted by Gasteiger charge is 2.09. The molecule has 0 unspecified atom stereocenters. The van der Waals surface area contributed by atoms with Crippen LogP contribution in [0.25, 0.3) is 0 Å². The van der Waals surface area contributed by atoms with Gasteiger partial charge in [0, 0.05) is 19.5 Å². The summed E-state index contributed by atoms with van der Waals surface area (Å²) in [4.78, 5) is 13.8. The molecule has 1 amide bonds. The summed E-state index contributed by atoms with van der Waals surface area (Å²) in [6.07, 6.45) is 5.56. The Balaban J connectivity index is 1.94. The fourth-order valence-corrected chi connectivity index (χ4v) is 2.05. The van der Waals surface area contributed by atoms with Gasteiger partial charge in [-0.15, -0.1) is 0 Å². The van der Waals surface area contributed by atoms with Gasteiger partial charge in [0.15, 0.2) is 0 Å². The van der Waals surface area contributed by atoms with Crippen LogP contribution in [-0.4, -0.2) is 50.6 Å². The summed E-state index contributed by atoms with van der Waals surface area (Å²) in [5, 5.41) is 6.02. The minimum absolute atomic E-state index is 0.187. The lowest BCUT2D eigenvalue weighted by Gasteiger charge is -2.26. The molecule has 0 bridgehead atoms. The normalized spacial score (nSPS) is 17.3. The van der Waals surface area contributed by atoms with Crippen molar-refractivity contribution in [3.05, 3.63) is 0 Å². The highest BCUT2D eigenvalue weighted by molar-refractivity contribution is 5.75. The lowest BCUT2D eigenvalue weighted by atomic mass is 10.1. The number of rotatable bonds is 7. The minimum Gasteiger partial charge on any atom is -0.355 e. The van der Waals surface area contributed by atoms with E-state index in [4.69, 9.17) is 0 Å². The Morgan fingerprint density at radius 2 is 1.94 bits per heavy atom. The van der Waals surface area contributed by atoms with Gasteiger partial charge >= 0.3 is 0 Å². The van der Waals surface area contributed by atoms with E-state index in [2.05, 4.69) is 15.5 Å². The van der Waals surface area contributed by atoms with Crippen LogP contribution < -0.4 is 10.6 Å². The van der Waals surface area contributed by atoms with Gasteiger partial charge in [0.25, 0.3) is 0 Å². The molecule has 1 heterocycles. The third-order valence-corrected chi connectivity index (χ3v) is 3.03. The Hall–Kier alpha value is -0.610. The molecule has 0 radical (unpaired) electrons. The van der Waals surface area contributed by atoms with Crippen LogP contribution in [0.2, 0.25) is 0 Å². The second kappa shape index (κ2) is 8.53. The highest BCUT2D eigenvalue weighted by Crippen LogP contribution is 2.07. The maximum atomic E-state index is 11.4. The molecule has 4 heteroatoms. The molecule has 0 spiro atoms. The Morgan fingerprint density at radius 1 is 1.19 bits per heavy atom. The second-order valence-electron chi connectivity index (χ2n) is 4.46. The van der Waals surface area contributed by atoms with Crippen molar-refractivity contribution in [2.45, 2.75) is 32.1 Å². The van der Waals surface area contributed by atoms with E-state index in [1.54, 1.807) is 0 Å². The summed E-state index contributed by atoms with van der Waals surface area (Å²) in [5.41, 5.74) is 0. The number of amides is 1. The van der Waals surface area contributed by atoms with Crippen LogP contribution in [0.4, 0.5) is 0 Å². The van der Waals surface area contributed by atoms with Crippen molar-refractivity contribution in [2.75, 3.05) is 39.8 Å². The van der Waals surface area contributed by atoms with Crippen molar-refractivity contribution in [3.63, 3.8) is 0 Å². The lowest BCUT2D eigenvalue weighted by Crippen LogP contribution is -2.37. The highest BCUT2D eigenvalue weighted by atomic mass is 16.1. The van der Waals surface area contributed by atoms with Gasteiger partial charge in [-0.2, -0.15) is 0 Å². The third-order valence-electron chi connectivity index (χ3n) is 3.03. The zero-order valence-corrected chi connectivity index (χ0v) is 10.4. The number of nitrogens with zero attached hydrogens (tertiary/aromatic N) is 1. The monoisotopic (exact) mass is 227 g/mol.